The van der Waals surface area contributed by atoms with Crippen molar-refractivity contribution in [1.82, 2.24) is 4.72 Å². The van der Waals surface area contributed by atoms with Crippen LogP contribution in [0.5, 0.6) is 0 Å². The Hall–Kier alpha value is 0.910. The molecule has 5 heteroatoms. The van der Waals surface area contributed by atoms with E-state index in [4.69, 9.17) is 0 Å². The molecule has 0 aromatic heterocycles. The zero-order valence-electron chi connectivity index (χ0n) is 5.85. The second-order valence-corrected chi connectivity index (χ2v) is 3.85. The fourth-order valence-electron chi connectivity index (χ4n) is 0.434. The second-order valence-electron chi connectivity index (χ2n) is 2.02. The van der Waals surface area contributed by atoms with Crippen LogP contribution in [-0.2, 0) is 10.0 Å². The number of sulfonamides is 1. The molecule has 10 heavy (non-hydrogen) atoms. The van der Waals surface area contributed by atoms with Gasteiger partial charge in [0, 0.05) is 6.54 Å². The molecule has 0 heterocycles. The Kier molecular flexibility index (Phi) is 8.92. The fourth-order valence-corrected chi connectivity index (χ4v) is 0.949. The van der Waals surface area contributed by atoms with E-state index < -0.39 is 10.0 Å². The quantitative estimate of drug-likeness (QED) is 0.470. The van der Waals surface area contributed by atoms with Crippen LogP contribution >= 0.6 is 0 Å². The van der Waals surface area contributed by atoms with E-state index in [1.54, 1.807) is 0 Å². The first-order valence-corrected chi connectivity index (χ1v) is 4.90. The summed E-state index contributed by atoms with van der Waals surface area (Å²) in [6, 6.07) is 0. The van der Waals surface area contributed by atoms with Crippen LogP contribution in [0.2, 0.25) is 0 Å². The molecule has 0 aliphatic rings. The summed E-state index contributed by atoms with van der Waals surface area (Å²) in [6.07, 6.45) is 3.10. The third kappa shape index (κ3) is 11.7. The maximum atomic E-state index is 10.4. The molecule has 0 unspecified atom stereocenters. The predicted molar refractivity (Wildman–Crippen MR) is 44.9 cm³/mol. The molecular formula is C5H14NNaO2S. The maximum absolute atomic E-state index is 10.4. The normalized spacial score (nSPS) is 10.6. The zero-order valence-corrected chi connectivity index (χ0v) is 6.66. The van der Waals surface area contributed by atoms with E-state index in [9.17, 15) is 8.42 Å². The van der Waals surface area contributed by atoms with E-state index in [0.29, 0.717) is 6.54 Å². The average molecular weight is 175 g/mol. The molecule has 0 radical (unpaired) electrons. The fraction of sp³-hybridized carbons (Fsp3) is 1.00. The Morgan fingerprint density at radius 3 is 2.20 bits per heavy atom. The van der Waals surface area contributed by atoms with Gasteiger partial charge in [-0.2, -0.15) is 0 Å². The van der Waals surface area contributed by atoms with Crippen LogP contribution in [0.15, 0.2) is 0 Å². The molecular weight excluding hydrogens is 161 g/mol. The molecule has 0 atom stereocenters. The van der Waals surface area contributed by atoms with Gasteiger partial charge in [-0.05, 0) is 6.42 Å². The zero-order chi connectivity index (χ0) is 7.33. The Morgan fingerprint density at radius 1 is 1.40 bits per heavy atom. The molecule has 58 valence electrons. The van der Waals surface area contributed by atoms with Gasteiger partial charge in [0.05, 0.1) is 6.26 Å². The molecule has 0 rings (SSSR count). The summed E-state index contributed by atoms with van der Waals surface area (Å²) in [7, 11) is -2.95. The monoisotopic (exact) mass is 175 g/mol. The third-order valence-corrected chi connectivity index (χ3v) is 1.62. The van der Waals surface area contributed by atoms with Crippen LogP contribution in [0, 0.1) is 0 Å². The van der Waals surface area contributed by atoms with Crippen molar-refractivity contribution in [2.45, 2.75) is 19.8 Å². The second kappa shape index (κ2) is 6.61. The summed E-state index contributed by atoms with van der Waals surface area (Å²) in [5.74, 6) is 0. The summed E-state index contributed by atoms with van der Waals surface area (Å²) in [5.41, 5.74) is 0. The van der Waals surface area contributed by atoms with E-state index in [1.807, 2.05) is 6.92 Å². The average Bonchev–Trinajstić information content (AvgIpc) is 1.63. The van der Waals surface area contributed by atoms with Crippen molar-refractivity contribution < 1.29 is 8.42 Å². The molecule has 0 aromatic rings. The number of unbranched alkanes of at least 4 members (excludes halogenated alkanes) is 1. The number of nitrogens with one attached hydrogen (secondary N) is 1. The number of rotatable bonds is 4. The van der Waals surface area contributed by atoms with Gasteiger partial charge in [0.25, 0.3) is 0 Å². The third-order valence-electron chi connectivity index (χ3n) is 0.895. The van der Waals surface area contributed by atoms with Gasteiger partial charge in [-0.15, -0.1) is 0 Å². The Morgan fingerprint density at radius 2 is 1.90 bits per heavy atom. The van der Waals surface area contributed by atoms with Crippen molar-refractivity contribution in [2.75, 3.05) is 12.8 Å². The van der Waals surface area contributed by atoms with E-state index >= 15 is 0 Å². The van der Waals surface area contributed by atoms with Crippen molar-refractivity contribution in [3.8, 4) is 0 Å². The van der Waals surface area contributed by atoms with Crippen LogP contribution < -0.4 is 4.72 Å². The summed E-state index contributed by atoms with van der Waals surface area (Å²) in [6.45, 7) is 2.58. The van der Waals surface area contributed by atoms with Gasteiger partial charge in [-0.3, -0.25) is 0 Å². The molecule has 0 fully saturated rings. The van der Waals surface area contributed by atoms with E-state index in [2.05, 4.69) is 4.72 Å². The predicted octanol–water partition coefficient (Wildman–Crippen LogP) is -0.313. The van der Waals surface area contributed by atoms with Crippen molar-refractivity contribution >= 4 is 39.6 Å². The standard InChI is InChI=1S/C5H13NO2S.Na.H/c1-3-4-5-6-9(2,7)8;;/h6H,3-5H2,1-2H3;;. The van der Waals surface area contributed by atoms with Crippen LogP contribution in [0.3, 0.4) is 0 Å². The summed E-state index contributed by atoms with van der Waals surface area (Å²) in [5, 5.41) is 0. The minimum atomic E-state index is -2.95. The van der Waals surface area contributed by atoms with E-state index in [1.165, 1.54) is 6.26 Å². The number of hydrogen-bond donors (Lipinski definition) is 1. The van der Waals surface area contributed by atoms with Crippen LogP contribution in [0.25, 0.3) is 0 Å². The first kappa shape index (κ1) is 13.5. The Balaban J connectivity index is 0. The Labute approximate surface area is 84.9 Å². The summed E-state index contributed by atoms with van der Waals surface area (Å²) < 4.78 is 23.2. The molecule has 0 aromatic carbocycles. The molecule has 0 bridgehead atoms. The van der Waals surface area contributed by atoms with Crippen molar-refractivity contribution in [3.63, 3.8) is 0 Å². The number of hydrogen-bond acceptors (Lipinski definition) is 2. The molecule has 3 nitrogen and oxygen atoms in total. The van der Waals surface area contributed by atoms with Gasteiger partial charge in [-0.1, -0.05) is 13.3 Å². The van der Waals surface area contributed by atoms with Crippen molar-refractivity contribution in [2.24, 2.45) is 0 Å². The molecule has 0 aliphatic heterocycles. The van der Waals surface area contributed by atoms with Crippen LogP contribution in [0.1, 0.15) is 19.8 Å². The molecule has 1 N–H and O–H groups in total. The molecule has 0 spiro atoms. The van der Waals surface area contributed by atoms with Crippen molar-refractivity contribution in [1.29, 1.82) is 0 Å². The van der Waals surface area contributed by atoms with Gasteiger partial charge >= 0.3 is 29.6 Å². The van der Waals surface area contributed by atoms with Gasteiger partial charge in [0.2, 0.25) is 10.0 Å². The van der Waals surface area contributed by atoms with E-state index in [0.717, 1.165) is 12.8 Å². The molecule has 0 saturated heterocycles. The van der Waals surface area contributed by atoms with Gasteiger partial charge < -0.3 is 0 Å². The van der Waals surface area contributed by atoms with Gasteiger partial charge in [-0.25, -0.2) is 13.1 Å². The summed E-state index contributed by atoms with van der Waals surface area (Å²) in [4.78, 5) is 0. The Bertz CT molecular complexity index is 155. The first-order chi connectivity index (χ1) is 4.06. The molecule has 0 amide bonds. The summed E-state index contributed by atoms with van der Waals surface area (Å²) >= 11 is 0. The first-order valence-electron chi connectivity index (χ1n) is 3.01. The topological polar surface area (TPSA) is 46.2 Å². The van der Waals surface area contributed by atoms with Crippen LogP contribution in [-0.4, -0.2) is 50.8 Å². The van der Waals surface area contributed by atoms with Gasteiger partial charge in [0.15, 0.2) is 0 Å². The molecule has 0 saturated carbocycles. The minimum absolute atomic E-state index is 0. The van der Waals surface area contributed by atoms with E-state index in [-0.39, 0.29) is 29.6 Å². The van der Waals surface area contributed by atoms with Crippen molar-refractivity contribution in [3.05, 3.63) is 0 Å². The van der Waals surface area contributed by atoms with Crippen LogP contribution in [0.4, 0.5) is 0 Å². The molecule has 0 aliphatic carbocycles. The SMILES string of the molecule is CCCCNS(C)(=O)=O.[NaH]. The van der Waals surface area contributed by atoms with Gasteiger partial charge in [0.1, 0.15) is 0 Å².